The van der Waals surface area contributed by atoms with Crippen molar-refractivity contribution in [2.75, 3.05) is 6.61 Å². The van der Waals surface area contributed by atoms with Crippen LogP contribution in [0, 0.1) is 17.2 Å². The average molecular weight is 153 g/mol. The van der Waals surface area contributed by atoms with E-state index in [4.69, 9.17) is 10.00 Å². The van der Waals surface area contributed by atoms with Crippen LogP contribution in [0.2, 0.25) is 0 Å². The second-order valence-corrected chi connectivity index (χ2v) is 3.31. The Morgan fingerprint density at radius 3 is 2.91 bits per heavy atom. The molecule has 2 atom stereocenters. The molecule has 1 saturated heterocycles. The Hall–Kier alpha value is -0.550. The third-order valence-electron chi connectivity index (χ3n) is 2.23. The molecule has 1 fully saturated rings. The molecule has 0 radical (unpaired) electrons. The highest BCUT2D eigenvalue weighted by Crippen LogP contribution is 2.18. The van der Waals surface area contributed by atoms with Crippen LogP contribution < -0.4 is 0 Å². The molecule has 0 N–H and O–H groups in total. The Bertz CT molecular complexity index is 150. The highest BCUT2D eigenvalue weighted by Gasteiger charge is 2.13. The molecule has 0 aromatic carbocycles. The van der Waals surface area contributed by atoms with Crippen molar-refractivity contribution in [1.82, 2.24) is 0 Å². The molecule has 0 aliphatic carbocycles. The smallest absolute Gasteiger partial charge is 0.144 e. The van der Waals surface area contributed by atoms with E-state index in [2.05, 4.69) is 13.0 Å². The summed E-state index contributed by atoms with van der Waals surface area (Å²) < 4.78 is 5.32. The molecule has 0 unspecified atom stereocenters. The first-order chi connectivity index (χ1) is 5.33. The topological polar surface area (TPSA) is 33.0 Å². The molecule has 1 heterocycles. The summed E-state index contributed by atoms with van der Waals surface area (Å²) in [5.41, 5.74) is 0. The van der Waals surface area contributed by atoms with Gasteiger partial charge < -0.3 is 4.74 Å². The highest BCUT2D eigenvalue weighted by molar-refractivity contribution is 4.84. The van der Waals surface area contributed by atoms with Crippen LogP contribution in [-0.2, 0) is 4.74 Å². The second kappa shape index (κ2) is 4.35. The molecular weight excluding hydrogens is 138 g/mol. The molecule has 62 valence electrons. The minimum Gasteiger partial charge on any atom is -0.363 e. The lowest BCUT2D eigenvalue weighted by atomic mass is 9.97. The number of nitriles is 1. The SMILES string of the molecule is C[C@H]1CCCO[C@@H](C#N)CC1. The summed E-state index contributed by atoms with van der Waals surface area (Å²) in [6.45, 7) is 3.02. The Morgan fingerprint density at radius 2 is 2.18 bits per heavy atom. The summed E-state index contributed by atoms with van der Waals surface area (Å²) in [7, 11) is 0. The summed E-state index contributed by atoms with van der Waals surface area (Å²) >= 11 is 0. The minimum atomic E-state index is -0.141. The average Bonchev–Trinajstić information content (AvgIpc) is 1.98. The number of ether oxygens (including phenoxy) is 1. The zero-order chi connectivity index (χ0) is 8.10. The van der Waals surface area contributed by atoms with E-state index in [0.29, 0.717) is 0 Å². The van der Waals surface area contributed by atoms with Gasteiger partial charge in [0, 0.05) is 6.61 Å². The number of hydrogen-bond acceptors (Lipinski definition) is 2. The monoisotopic (exact) mass is 153 g/mol. The van der Waals surface area contributed by atoms with Crippen LogP contribution >= 0.6 is 0 Å². The summed E-state index contributed by atoms with van der Waals surface area (Å²) in [6, 6.07) is 2.17. The summed E-state index contributed by atoms with van der Waals surface area (Å²) in [5, 5.41) is 8.62. The lowest BCUT2D eigenvalue weighted by molar-refractivity contribution is 0.0630. The Kier molecular flexibility index (Phi) is 3.38. The van der Waals surface area contributed by atoms with Gasteiger partial charge in [-0.2, -0.15) is 5.26 Å². The molecule has 2 nitrogen and oxygen atoms in total. The fourth-order valence-corrected chi connectivity index (χ4v) is 1.42. The van der Waals surface area contributed by atoms with E-state index in [0.717, 1.165) is 31.8 Å². The van der Waals surface area contributed by atoms with Crippen LogP contribution in [0.3, 0.4) is 0 Å². The van der Waals surface area contributed by atoms with Crippen molar-refractivity contribution in [1.29, 1.82) is 5.26 Å². The van der Waals surface area contributed by atoms with Crippen molar-refractivity contribution in [3.8, 4) is 6.07 Å². The van der Waals surface area contributed by atoms with Crippen molar-refractivity contribution in [2.45, 2.75) is 38.7 Å². The molecule has 1 rings (SSSR count). The first kappa shape index (κ1) is 8.55. The van der Waals surface area contributed by atoms with Gasteiger partial charge in [0.15, 0.2) is 0 Å². The number of nitrogens with zero attached hydrogens (tertiary/aromatic N) is 1. The highest BCUT2D eigenvalue weighted by atomic mass is 16.5. The maximum atomic E-state index is 8.62. The minimum absolute atomic E-state index is 0.141. The van der Waals surface area contributed by atoms with Gasteiger partial charge in [-0.1, -0.05) is 6.92 Å². The van der Waals surface area contributed by atoms with Crippen LogP contribution in [-0.4, -0.2) is 12.7 Å². The first-order valence-electron chi connectivity index (χ1n) is 4.34. The molecule has 1 aliphatic rings. The summed E-state index contributed by atoms with van der Waals surface area (Å²) in [6.07, 6.45) is 4.27. The molecular formula is C9H15NO. The molecule has 1 aliphatic heterocycles. The van der Waals surface area contributed by atoms with Crippen molar-refractivity contribution in [2.24, 2.45) is 5.92 Å². The molecule has 0 amide bonds. The predicted molar refractivity (Wildman–Crippen MR) is 43.0 cm³/mol. The molecule has 2 heteroatoms. The third kappa shape index (κ3) is 2.90. The summed E-state index contributed by atoms with van der Waals surface area (Å²) in [5.74, 6) is 0.773. The standard InChI is InChI=1S/C9H15NO/c1-8-3-2-6-11-9(7-10)5-4-8/h8-9H,2-6H2,1H3/t8-,9+/m0/s1. The first-order valence-corrected chi connectivity index (χ1v) is 4.34. The van der Waals surface area contributed by atoms with Crippen molar-refractivity contribution >= 4 is 0 Å². The maximum Gasteiger partial charge on any atom is 0.144 e. The largest absolute Gasteiger partial charge is 0.363 e. The molecule has 0 bridgehead atoms. The number of rotatable bonds is 0. The fraction of sp³-hybridized carbons (Fsp3) is 0.889. The van der Waals surface area contributed by atoms with Gasteiger partial charge in [-0.05, 0) is 31.6 Å². The van der Waals surface area contributed by atoms with E-state index in [-0.39, 0.29) is 6.10 Å². The van der Waals surface area contributed by atoms with Gasteiger partial charge in [0.05, 0.1) is 6.07 Å². The van der Waals surface area contributed by atoms with Gasteiger partial charge in [0.1, 0.15) is 6.10 Å². The van der Waals surface area contributed by atoms with Gasteiger partial charge in [-0.3, -0.25) is 0 Å². The number of hydrogen-bond donors (Lipinski definition) is 0. The van der Waals surface area contributed by atoms with Crippen LogP contribution in [0.15, 0.2) is 0 Å². The van der Waals surface area contributed by atoms with Gasteiger partial charge in [-0.25, -0.2) is 0 Å². The van der Waals surface area contributed by atoms with Crippen LogP contribution in [0.5, 0.6) is 0 Å². The molecule has 0 spiro atoms. The molecule has 0 aromatic rings. The van der Waals surface area contributed by atoms with Crippen molar-refractivity contribution in [3.05, 3.63) is 0 Å². The van der Waals surface area contributed by atoms with E-state index >= 15 is 0 Å². The van der Waals surface area contributed by atoms with E-state index in [1.54, 1.807) is 0 Å². The van der Waals surface area contributed by atoms with E-state index in [1.165, 1.54) is 6.42 Å². The van der Waals surface area contributed by atoms with Gasteiger partial charge >= 0.3 is 0 Å². The zero-order valence-corrected chi connectivity index (χ0v) is 7.05. The Morgan fingerprint density at radius 1 is 1.36 bits per heavy atom. The quantitative estimate of drug-likeness (QED) is 0.534. The van der Waals surface area contributed by atoms with Crippen LogP contribution in [0.1, 0.15) is 32.6 Å². The van der Waals surface area contributed by atoms with Gasteiger partial charge in [0.2, 0.25) is 0 Å². The Labute approximate surface area is 68.2 Å². The molecule has 0 saturated carbocycles. The predicted octanol–water partition coefficient (Wildman–Crippen LogP) is 2.11. The van der Waals surface area contributed by atoms with Crippen LogP contribution in [0.25, 0.3) is 0 Å². The molecule has 0 aromatic heterocycles. The zero-order valence-electron chi connectivity index (χ0n) is 7.05. The summed E-state index contributed by atoms with van der Waals surface area (Å²) in [4.78, 5) is 0. The van der Waals surface area contributed by atoms with E-state index in [9.17, 15) is 0 Å². The van der Waals surface area contributed by atoms with Gasteiger partial charge in [0.25, 0.3) is 0 Å². The van der Waals surface area contributed by atoms with E-state index in [1.807, 2.05) is 0 Å². The van der Waals surface area contributed by atoms with E-state index < -0.39 is 0 Å². The molecule has 11 heavy (non-hydrogen) atoms. The van der Waals surface area contributed by atoms with Gasteiger partial charge in [-0.15, -0.1) is 0 Å². The van der Waals surface area contributed by atoms with Crippen molar-refractivity contribution in [3.63, 3.8) is 0 Å². The van der Waals surface area contributed by atoms with Crippen LogP contribution in [0.4, 0.5) is 0 Å². The van der Waals surface area contributed by atoms with Crippen molar-refractivity contribution < 1.29 is 4.74 Å². The normalized spacial score (nSPS) is 33.5. The lowest BCUT2D eigenvalue weighted by Gasteiger charge is -2.18. The fourth-order valence-electron chi connectivity index (χ4n) is 1.42. The third-order valence-corrected chi connectivity index (χ3v) is 2.23. The maximum absolute atomic E-state index is 8.62. The lowest BCUT2D eigenvalue weighted by Crippen LogP contribution is -2.16. The second-order valence-electron chi connectivity index (χ2n) is 3.31. The Balaban J connectivity index is 2.33.